The summed E-state index contributed by atoms with van der Waals surface area (Å²) in [6, 6.07) is 12.2. The molecule has 1 aliphatic rings. The number of nitrogens with one attached hydrogen (secondary N) is 1. The van der Waals surface area contributed by atoms with E-state index in [9.17, 15) is 9.59 Å². The van der Waals surface area contributed by atoms with Gasteiger partial charge in [-0.2, -0.15) is 0 Å². The van der Waals surface area contributed by atoms with Gasteiger partial charge in [-0.15, -0.1) is 0 Å². The lowest BCUT2D eigenvalue weighted by Gasteiger charge is -2.23. The van der Waals surface area contributed by atoms with E-state index >= 15 is 0 Å². The molecule has 1 heterocycles. The van der Waals surface area contributed by atoms with Crippen molar-refractivity contribution in [1.29, 1.82) is 0 Å². The molecule has 0 aromatic heterocycles. The fourth-order valence-corrected chi connectivity index (χ4v) is 3.42. The molecule has 0 spiro atoms. The number of hydrogen-bond acceptors (Lipinski definition) is 3. The molecule has 0 radical (unpaired) electrons. The van der Waals surface area contributed by atoms with Gasteiger partial charge in [0.15, 0.2) is 0 Å². The summed E-state index contributed by atoms with van der Waals surface area (Å²) < 4.78 is 5.35. The molecule has 0 aliphatic carbocycles. The zero-order chi connectivity index (χ0) is 18.2. The molecule has 0 saturated carbocycles. The van der Waals surface area contributed by atoms with Crippen molar-refractivity contribution in [3.8, 4) is 5.75 Å². The van der Waals surface area contributed by atoms with Gasteiger partial charge in [0, 0.05) is 16.1 Å². The van der Waals surface area contributed by atoms with Crippen molar-refractivity contribution in [3.63, 3.8) is 0 Å². The van der Waals surface area contributed by atoms with Crippen molar-refractivity contribution in [2.45, 2.75) is 25.9 Å². The number of rotatable bonds is 4. The predicted molar refractivity (Wildman–Crippen MR) is 95.6 cm³/mol. The average Bonchev–Trinajstić information content (AvgIpc) is 2.79. The summed E-state index contributed by atoms with van der Waals surface area (Å²) in [6.07, 6.45) is 0. The minimum Gasteiger partial charge on any atom is -0.496 e. The first-order valence-electron chi connectivity index (χ1n) is 7.89. The molecule has 1 atom stereocenters. The average molecular weight is 359 g/mol. The van der Waals surface area contributed by atoms with Gasteiger partial charge in [-0.1, -0.05) is 47.5 Å². The second-order valence-corrected chi connectivity index (χ2v) is 6.65. The third-order valence-electron chi connectivity index (χ3n) is 4.45. The van der Waals surface area contributed by atoms with Crippen molar-refractivity contribution in [1.82, 2.24) is 10.2 Å². The summed E-state index contributed by atoms with van der Waals surface area (Å²) in [7, 11) is 1.56. The van der Waals surface area contributed by atoms with E-state index in [0.29, 0.717) is 16.3 Å². The number of aryl methyl sites for hydroxylation is 1. The van der Waals surface area contributed by atoms with Gasteiger partial charge < -0.3 is 10.1 Å². The minimum absolute atomic E-state index is 0.134. The van der Waals surface area contributed by atoms with Crippen molar-refractivity contribution in [3.05, 3.63) is 64.2 Å². The number of urea groups is 1. The van der Waals surface area contributed by atoms with Crippen LogP contribution in [0.4, 0.5) is 4.79 Å². The van der Waals surface area contributed by atoms with E-state index < -0.39 is 11.6 Å². The van der Waals surface area contributed by atoms with Crippen LogP contribution < -0.4 is 10.1 Å². The van der Waals surface area contributed by atoms with Gasteiger partial charge >= 0.3 is 6.03 Å². The number of imide groups is 1. The molecule has 1 saturated heterocycles. The Labute approximate surface area is 151 Å². The Morgan fingerprint density at radius 1 is 1.20 bits per heavy atom. The van der Waals surface area contributed by atoms with Gasteiger partial charge in [0.05, 0.1) is 13.7 Å². The highest BCUT2D eigenvalue weighted by atomic mass is 35.5. The van der Waals surface area contributed by atoms with E-state index in [1.165, 1.54) is 4.90 Å². The number of carbonyl (C=O) groups is 2. The molecule has 130 valence electrons. The monoisotopic (exact) mass is 358 g/mol. The van der Waals surface area contributed by atoms with Crippen LogP contribution in [0.25, 0.3) is 0 Å². The van der Waals surface area contributed by atoms with E-state index in [0.717, 1.165) is 11.1 Å². The number of nitrogens with zero attached hydrogens (tertiary/aromatic N) is 1. The van der Waals surface area contributed by atoms with Crippen LogP contribution in [0.5, 0.6) is 5.75 Å². The molecule has 6 heteroatoms. The van der Waals surface area contributed by atoms with Crippen molar-refractivity contribution in [2.75, 3.05) is 7.11 Å². The highest BCUT2D eigenvalue weighted by Gasteiger charge is 2.49. The number of carbonyl (C=O) groups excluding carboxylic acids is 2. The lowest BCUT2D eigenvalue weighted by Crippen LogP contribution is -2.41. The van der Waals surface area contributed by atoms with E-state index in [2.05, 4.69) is 5.32 Å². The van der Waals surface area contributed by atoms with Gasteiger partial charge in [-0.05, 0) is 26.0 Å². The molecule has 5 nitrogen and oxygen atoms in total. The van der Waals surface area contributed by atoms with E-state index in [4.69, 9.17) is 16.3 Å². The Hall–Kier alpha value is -2.53. The van der Waals surface area contributed by atoms with Crippen LogP contribution in [0.3, 0.4) is 0 Å². The van der Waals surface area contributed by atoms with Crippen LogP contribution in [0.15, 0.2) is 42.5 Å². The fraction of sp³-hybridized carbons (Fsp3) is 0.263. The lowest BCUT2D eigenvalue weighted by molar-refractivity contribution is -0.131. The van der Waals surface area contributed by atoms with E-state index in [1.807, 2.05) is 25.1 Å². The van der Waals surface area contributed by atoms with Gasteiger partial charge in [0.2, 0.25) is 0 Å². The summed E-state index contributed by atoms with van der Waals surface area (Å²) in [4.78, 5) is 26.7. The molecule has 3 amide bonds. The van der Waals surface area contributed by atoms with E-state index in [-0.39, 0.29) is 12.5 Å². The highest BCUT2D eigenvalue weighted by Crippen LogP contribution is 2.34. The van der Waals surface area contributed by atoms with Gasteiger partial charge in [0.1, 0.15) is 11.3 Å². The van der Waals surface area contributed by atoms with Crippen LogP contribution in [0, 0.1) is 6.92 Å². The Kier molecular flexibility index (Phi) is 4.43. The largest absolute Gasteiger partial charge is 0.496 e. The zero-order valence-corrected chi connectivity index (χ0v) is 15.1. The molecule has 0 unspecified atom stereocenters. The van der Waals surface area contributed by atoms with Crippen LogP contribution in [0.1, 0.15) is 23.6 Å². The number of ether oxygens (including phenoxy) is 1. The third kappa shape index (κ3) is 2.96. The van der Waals surface area contributed by atoms with E-state index in [1.54, 1.807) is 38.3 Å². The Bertz CT molecular complexity index is 852. The minimum atomic E-state index is -1.19. The van der Waals surface area contributed by atoms with Gasteiger partial charge in [-0.25, -0.2) is 4.79 Å². The quantitative estimate of drug-likeness (QED) is 0.849. The standard InChI is InChI=1S/C19H19ClN2O3/c1-12-8-9-16(25-3)13(10-12)11-22-17(23)19(2,21-18(22)24)14-6-4-5-7-15(14)20/h4-10H,11H2,1-3H3,(H,21,24)/t19-/m0/s1. The van der Waals surface area contributed by atoms with Gasteiger partial charge in [-0.3, -0.25) is 9.69 Å². The summed E-state index contributed by atoms with van der Waals surface area (Å²) in [5, 5.41) is 3.21. The van der Waals surface area contributed by atoms with Crippen LogP contribution in [0.2, 0.25) is 5.02 Å². The summed E-state index contributed by atoms with van der Waals surface area (Å²) in [6.45, 7) is 3.75. The van der Waals surface area contributed by atoms with Crippen molar-refractivity contribution >= 4 is 23.5 Å². The maximum atomic E-state index is 13.0. The first-order chi connectivity index (χ1) is 11.9. The molecule has 2 aromatic carbocycles. The second-order valence-electron chi connectivity index (χ2n) is 6.24. The summed E-state index contributed by atoms with van der Waals surface area (Å²) in [5.74, 6) is 0.298. The molecule has 0 bridgehead atoms. The predicted octanol–water partition coefficient (Wildman–Crippen LogP) is 3.62. The number of halogens is 1. The number of hydrogen-bond donors (Lipinski definition) is 1. The zero-order valence-electron chi connectivity index (χ0n) is 14.3. The first kappa shape index (κ1) is 17.3. The molecule has 2 aromatic rings. The summed E-state index contributed by atoms with van der Waals surface area (Å²) in [5.41, 5.74) is 1.19. The maximum absolute atomic E-state index is 13.0. The molecule has 3 rings (SSSR count). The third-order valence-corrected chi connectivity index (χ3v) is 4.78. The number of benzene rings is 2. The van der Waals surface area contributed by atoms with Crippen molar-refractivity contribution in [2.24, 2.45) is 0 Å². The highest BCUT2D eigenvalue weighted by molar-refractivity contribution is 6.32. The lowest BCUT2D eigenvalue weighted by atomic mass is 9.92. The molecule has 1 N–H and O–H groups in total. The van der Waals surface area contributed by atoms with Crippen LogP contribution in [-0.2, 0) is 16.9 Å². The Morgan fingerprint density at radius 3 is 2.60 bits per heavy atom. The van der Waals surface area contributed by atoms with Crippen LogP contribution in [-0.4, -0.2) is 23.9 Å². The SMILES string of the molecule is COc1ccc(C)cc1CN1C(=O)N[C@@](C)(c2ccccc2Cl)C1=O. The summed E-state index contributed by atoms with van der Waals surface area (Å²) >= 11 is 6.24. The first-order valence-corrected chi connectivity index (χ1v) is 8.27. The Morgan fingerprint density at radius 2 is 1.92 bits per heavy atom. The number of amides is 3. The van der Waals surface area contributed by atoms with Gasteiger partial charge in [0.25, 0.3) is 5.91 Å². The molecule has 1 aliphatic heterocycles. The number of methoxy groups -OCH3 is 1. The fourth-order valence-electron chi connectivity index (χ4n) is 3.09. The second kappa shape index (κ2) is 6.41. The van der Waals surface area contributed by atoms with Crippen LogP contribution >= 0.6 is 11.6 Å². The smallest absolute Gasteiger partial charge is 0.325 e. The molecular weight excluding hydrogens is 340 g/mol. The maximum Gasteiger partial charge on any atom is 0.325 e. The molecular formula is C19H19ClN2O3. The van der Waals surface area contributed by atoms with Crippen molar-refractivity contribution < 1.29 is 14.3 Å². The normalized spacial score (nSPS) is 19.9. The molecule has 25 heavy (non-hydrogen) atoms. The molecule has 1 fully saturated rings. The topological polar surface area (TPSA) is 58.6 Å². The Balaban J connectivity index is 1.95.